The quantitative estimate of drug-likeness (QED) is 0.823. The van der Waals surface area contributed by atoms with Crippen molar-refractivity contribution in [1.82, 2.24) is 14.9 Å². The first-order chi connectivity index (χ1) is 9.57. The molecule has 6 heteroatoms. The molecule has 2 aromatic rings. The van der Waals surface area contributed by atoms with Crippen LogP contribution in [0, 0.1) is 0 Å². The Morgan fingerprint density at radius 1 is 1.60 bits per heavy atom. The Bertz CT molecular complexity index is 565. The van der Waals surface area contributed by atoms with Gasteiger partial charge in [-0.15, -0.1) is 11.3 Å². The smallest absolute Gasteiger partial charge is 0.325 e. The molecule has 2 heterocycles. The van der Waals surface area contributed by atoms with E-state index in [9.17, 15) is 9.90 Å². The molecule has 1 unspecified atom stereocenters. The molecule has 0 aliphatic heterocycles. The van der Waals surface area contributed by atoms with E-state index >= 15 is 0 Å². The lowest BCUT2D eigenvalue weighted by atomic mass is 10.0. The highest BCUT2D eigenvalue weighted by Crippen LogP contribution is 2.24. The first kappa shape index (κ1) is 14.7. The van der Waals surface area contributed by atoms with E-state index in [1.54, 1.807) is 24.5 Å². The fraction of sp³-hybridized carbons (Fsp3) is 0.429. The zero-order chi connectivity index (χ0) is 14.6. The van der Waals surface area contributed by atoms with Gasteiger partial charge >= 0.3 is 5.97 Å². The fourth-order valence-electron chi connectivity index (χ4n) is 2.01. The van der Waals surface area contributed by atoms with Gasteiger partial charge in [0.1, 0.15) is 11.4 Å². The van der Waals surface area contributed by atoms with Crippen LogP contribution in [0.25, 0.3) is 10.7 Å². The molecule has 0 aromatic carbocycles. The maximum absolute atomic E-state index is 11.6. The average Bonchev–Trinajstić information content (AvgIpc) is 3.06. The number of thiophene rings is 1. The zero-order valence-corrected chi connectivity index (χ0v) is 12.5. The van der Waals surface area contributed by atoms with Crippen LogP contribution in [0.3, 0.4) is 0 Å². The number of imidazole rings is 1. The van der Waals surface area contributed by atoms with Gasteiger partial charge in [-0.05, 0) is 31.3 Å². The van der Waals surface area contributed by atoms with Crippen LogP contribution < -0.4 is 5.32 Å². The van der Waals surface area contributed by atoms with Crippen molar-refractivity contribution in [2.45, 2.75) is 32.4 Å². The molecule has 2 aromatic heterocycles. The number of aliphatic carboxylic acids is 1. The lowest BCUT2D eigenvalue weighted by molar-refractivity contribution is -0.144. The monoisotopic (exact) mass is 293 g/mol. The van der Waals surface area contributed by atoms with E-state index in [0.717, 1.165) is 17.1 Å². The summed E-state index contributed by atoms with van der Waals surface area (Å²) in [5.41, 5.74) is -0.997. The van der Waals surface area contributed by atoms with Crippen LogP contribution in [-0.2, 0) is 11.3 Å². The molecule has 5 nitrogen and oxygen atoms in total. The zero-order valence-electron chi connectivity index (χ0n) is 11.7. The van der Waals surface area contributed by atoms with Gasteiger partial charge in [-0.3, -0.25) is 4.79 Å². The van der Waals surface area contributed by atoms with Crippen molar-refractivity contribution in [2.75, 3.05) is 6.54 Å². The predicted octanol–water partition coefficient (Wildman–Crippen LogP) is 2.45. The van der Waals surface area contributed by atoms with Crippen molar-refractivity contribution in [1.29, 1.82) is 0 Å². The largest absolute Gasteiger partial charge is 0.480 e. The summed E-state index contributed by atoms with van der Waals surface area (Å²) in [5, 5.41) is 14.6. The van der Waals surface area contributed by atoms with E-state index in [1.807, 2.05) is 35.2 Å². The third-order valence-electron chi connectivity index (χ3n) is 3.18. The number of aromatic nitrogens is 2. The van der Waals surface area contributed by atoms with Gasteiger partial charge in [-0.2, -0.15) is 0 Å². The maximum Gasteiger partial charge on any atom is 0.325 e. The third kappa shape index (κ3) is 3.08. The van der Waals surface area contributed by atoms with Crippen LogP contribution >= 0.6 is 11.3 Å². The molecule has 0 bridgehead atoms. The van der Waals surface area contributed by atoms with E-state index in [2.05, 4.69) is 10.3 Å². The lowest BCUT2D eigenvalue weighted by Crippen LogP contribution is -2.52. The number of hydrogen-bond donors (Lipinski definition) is 2. The van der Waals surface area contributed by atoms with E-state index in [-0.39, 0.29) is 0 Å². The average molecular weight is 293 g/mol. The predicted molar refractivity (Wildman–Crippen MR) is 79.9 cm³/mol. The Hall–Kier alpha value is -1.66. The van der Waals surface area contributed by atoms with Crippen LogP contribution in [0.4, 0.5) is 0 Å². The minimum absolute atomic E-state index is 0.343. The Kier molecular flexibility index (Phi) is 4.57. The maximum atomic E-state index is 11.6. The highest BCUT2D eigenvalue weighted by molar-refractivity contribution is 7.13. The van der Waals surface area contributed by atoms with Gasteiger partial charge in [-0.1, -0.05) is 13.0 Å². The van der Waals surface area contributed by atoms with E-state index in [1.165, 1.54) is 0 Å². The molecule has 0 spiro atoms. The van der Waals surface area contributed by atoms with E-state index in [0.29, 0.717) is 13.1 Å². The van der Waals surface area contributed by atoms with Gasteiger partial charge in [0.05, 0.1) is 11.4 Å². The molecule has 0 fully saturated rings. The van der Waals surface area contributed by atoms with Crippen molar-refractivity contribution < 1.29 is 9.90 Å². The molecule has 2 N–H and O–H groups in total. The second kappa shape index (κ2) is 6.19. The SMILES string of the molecule is CCCNC(C)(Cn1ccnc1-c1cccs1)C(=O)O. The topological polar surface area (TPSA) is 67.2 Å². The molecule has 108 valence electrons. The lowest BCUT2D eigenvalue weighted by Gasteiger charge is -2.27. The van der Waals surface area contributed by atoms with Crippen molar-refractivity contribution in [3.05, 3.63) is 29.9 Å². The molecule has 0 aliphatic rings. The summed E-state index contributed by atoms with van der Waals surface area (Å²) in [4.78, 5) is 16.9. The minimum Gasteiger partial charge on any atom is -0.480 e. The van der Waals surface area contributed by atoms with Crippen molar-refractivity contribution in [3.8, 4) is 10.7 Å². The first-order valence-corrected chi connectivity index (χ1v) is 7.48. The van der Waals surface area contributed by atoms with Crippen LogP contribution in [0.5, 0.6) is 0 Å². The Labute approximate surface area is 122 Å². The third-order valence-corrected chi connectivity index (χ3v) is 4.05. The normalized spacial score (nSPS) is 14.1. The standard InChI is InChI=1S/C14H19N3O2S/c1-3-6-16-14(2,13(18)19)10-17-8-7-15-12(17)11-5-4-9-20-11/h4-5,7-9,16H,3,6,10H2,1-2H3,(H,18,19). The number of nitrogens with zero attached hydrogens (tertiary/aromatic N) is 2. The molecule has 0 radical (unpaired) electrons. The molecule has 20 heavy (non-hydrogen) atoms. The molecular weight excluding hydrogens is 274 g/mol. The molecule has 0 aliphatic carbocycles. The van der Waals surface area contributed by atoms with Gasteiger partial charge < -0.3 is 15.0 Å². The summed E-state index contributed by atoms with van der Waals surface area (Å²) in [6.45, 7) is 4.74. The molecule has 2 rings (SSSR count). The fourth-order valence-corrected chi connectivity index (χ4v) is 2.74. The van der Waals surface area contributed by atoms with Crippen LogP contribution in [0.2, 0.25) is 0 Å². The van der Waals surface area contributed by atoms with Gasteiger partial charge in [0.25, 0.3) is 0 Å². The summed E-state index contributed by atoms with van der Waals surface area (Å²) < 4.78 is 1.89. The van der Waals surface area contributed by atoms with Gasteiger partial charge in [-0.25, -0.2) is 4.98 Å². The summed E-state index contributed by atoms with van der Waals surface area (Å²) in [7, 11) is 0. The number of carboxylic acid groups (broad SMARTS) is 1. The number of nitrogens with one attached hydrogen (secondary N) is 1. The highest BCUT2D eigenvalue weighted by Gasteiger charge is 2.33. The molecule has 0 amide bonds. The first-order valence-electron chi connectivity index (χ1n) is 6.60. The molecule has 0 saturated heterocycles. The second-order valence-electron chi connectivity index (χ2n) is 4.92. The van der Waals surface area contributed by atoms with Gasteiger partial charge in [0, 0.05) is 12.4 Å². The van der Waals surface area contributed by atoms with E-state index < -0.39 is 11.5 Å². The summed E-state index contributed by atoms with van der Waals surface area (Å²) in [5.74, 6) is -0.0393. The van der Waals surface area contributed by atoms with E-state index in [4.69, 9.17) is 0 Å². The Morgan fingerprint density at radius 2 is 2.40 bits per heavy atom. The minimum atomic E-state index is -0.997. The van der Waals surface area contributed by atoms with Crippen LogP contribution in [0.1, 0.15) is 20.3 Å². The summed E-state index contributed by atoms with van der Waals surface area (Å²) in [6.07, 6.45) is 4.42. The molecular formula is C14H19N3O2S. The van der Waals surface area contributed by atoms with Crippen molar-refractivity contribution in [2.24, 2.45) is 0 Å². The number of rotatable bonds is 7. The van der Waals surface area contributed by atoms with Crippen LogP contribution in [-0.4, -0.2) is 32.7 Å². The molecule has 0 saturated carbocycles. The second-order valence-corrected chi connectivity index (χ2v) is 5.87. The highest BCUT2D eigenvalue weighted by atomic mass is 32.1. The number of hydrogen-bond acceptors (Lipinski definition) is 4. The summed E-state index contributed by atoms with van der Waals surface area (Å²) >= 11 is 1.60. The van der Waals surface area contributed by atoms with Gasteiger partial charge in [0.15, 0.2) is 0 Å². The van der Waals surface area contributed by atoms with Crippen molar-refractivity contribution >= 4 is 17.3 Å². The Balaban J connectivity index is 2.24. The van der Waals surface area contributed by atoms with Gasteiger partial charge in [0.2, 0.25) is 0 Å². The number of carbonyl (C=O) groups is 1. The van der Waals surface area contributed by atoms with Crippen LogP contribution in [0.15, 0.2) is 29.9 Å². The summed E-state index contributed by atoms with van der Waals surface area (Å²) in [6, 6.07) is 3.95. The Morgan fingerprint density at radius 3 is 3.00 bits per heavy atom. The molecule has 1 atom stereocenters. The number of carboxylic acids is 1. The van der Waals surface area contributed by atoms with Crippen molar-refractivity contribution in [3.63, 3.8) is 0 Å².